The van der Waals surface area contributed by atoms with Crippen LogP contribution in [0.3, 0.4) is 0 Å². The van der Waals surface area contributed by atoms with E-state index in [2.05, 4.69) is 9.97 Å². The number of fused-ring (bicyclic) bond motifs is 4. The van der Waals surface area contributed by atoms with Gasteiger partial charge in [-0.1, -0.05) is 0 Å². The molecule has 0 fully saturated rings. The van der Waals surface area contributed by atoms with Crippen LogP contribution in [-0.2, 0) is 6.42 Å². The van der Waals surface area contributed by atoms with Gasteiger partial charge in [0, 0.05) is 29.3 Å². The largest absolute Gasteiger partial charge is 0.497 e. The zero-order chi connectivity index (χ0) is 27.3. The average Bonchev–Trinajstić information content (AvgIpc) is 3.55. The fourth-order valence-electron chi connectivity index (χ4n) is 4.81. The number of ether oxygens (including phenoxy) is 3. The number of halogens is 1. The fraction of sp³-hybridized carbons (Fsp3) is 0.214. The second-order valence-electron chi connectivity index (χ2n) is 9.16. The van der Waals surface area contributed by atoms with Crippen LogP contribution in [-0.4, -0.2) is 53.0 Å². The van der Waals surface area contributed by atoms with E-state index in [9.17, 15) is 9.90 Å². The molecule has 11 heteroatoms. The number of aromatic nitrogens is 3. The monoisotopic (exact) mass is 546 g/mol. The first-order valence-electron chi connectivity index (χ1n) is 12.1. The zero-order valence-electron chi connectivity index (χ0n) is 21.3. The number of benzene rings is 3. The lowest BCUT2D eigenvalue weighted by molar-refractivity contribution is 0.190. The minimum atomic E-state index is -1.13. The lowest BCUT2D eigenvalue weighted by atomic mass is 10.1. The van der Waals surface area contributed by atoms with Crippen molar-refractivity contribution in [2.45, 2.75) is 19.4 Å². The van der Waals surface area contributed by atoms with Crippen LogP contribution in [0.15, 0.2) is 48.7 Å². The Labute approximate surface area is 226 Å². The molecular weight excluding hydrogens is 523 g/mol. The Morgan fingerprint density at radius 1 is 1.15 bits per heavy atom. The van der Waals surface area contributed by atoms with Crippen molar-refractivity contribution in [3.05, 3.63) is 65.6 Å². The summed E-state index contributed by atoms with van der Waals surface area (Å²) in [4.78, 5) is 27.0. The van der Waals surface area contributed by atoms with Crippen molar-refractivity contribution >= 4 is 44.4 Å². The molecule has 198 valence electrons. The minimum absolute atomic E-state index is 0.0306. The van der Waals surface area contributed by atoms with Gasteiger partial charge in [-0.15, -0.1) is 11.3 Å². The molecular formula is C28H23FN4O5S. The molecule has 0 aliphatic carbocycles. The van der Waals surface area contributed by atoms with Gasteiger partial charge in [0.05, 0.1) is 48.2 Å². The van der Waals surface area contributed by atoms with Gasteiger partial charge in [-0.05, 0) is 48.9 Å². The quantitative estimate of drug-likeness (QED) is 0.282. The number of methoxy groups -OCH3 is 2. The molecule has 1 atom stereocenters. The van der Waals surface area contributed by atoms with Crippen LogP contribution in [0.2, 0.25) is 0 Å². The number of hydrogen-bond donors (Lipinski definition) is 1. The highest BCUT2D eigenvalue weighted by Gasteiger charge is 2.32. The summed E-state index contributed by atoms with van der Waals surface area (Å²) in [6, 6.07) is 12.0. The number of rotatable bonds is 6. The lowest BCUT2D eigenvalue weighted by Crippen LogP contribution is -2.38. The topological polar surface area (TPSA) is 107 Å². The van der Waals surface area contributed by atoms with Crippen LogP contribution in [0.25, 0.3) is 31.8 Å². The predicted molar refractivity (Wildman–Crippen MR) is 146 cm³/mol. The number of aryl methyl sites for hydroxylation is 1. The van der Waals surface area contributed by atoms with Gasteiger partial charge >= 0.3 is 6.09 Å². The van der Waals surface area contributed by atoms with Gasteiger partial charge in [0.1, 0.15) is 16.9 Å². The predicted octanol–water partition coefficient (Wildman–Crippen LogP) is 5.86. The first-order chi connectivity index (χ1) is 18.8. The Morgan fingerprint density at radius 3 is 2.67 bits per heavy atom. The molecule has 0 spiro atoms. The lowest BCUT2D eigenvalue weighted by Gasteiger charge is -2.23. The van der Waals surface area contributed by atoms with Crippen LogP contribution >= 0.6 is 11.3 Å². The number of thiazole rings is 1. The van der Waals surface area contributed by atoms with Crippen LogP contribution in [0, 0.1) is 12.7 Å². The maximum atomic E-state index is 15.2. The summed E-state index contributed by atoms with van der Waals surface area (Å²) in [5, 5.41) is 10.5. The van der Waals surface area contributed by atoms with E-state index in [4.69, 9.17) is 19.2 Å². The van der Waals surface area contributed by atoms with Gasteiger partial charge in [0.2, 0.25) is 5.88 Å². The highest BCUT2D eigenvalue weighted by molar-refractivity contribution is 7.22. The molecule has 3 heterocycles. The first kappa shape index (κ1) is 24.8. The fourth-order valence-corrected chi connectivity index (χ4v) is 5.92. The molecule has 3 aromatic carbocycles. The molecule has 2 aromatic heterocycles. The number of hydrogen-bond acceptors (Lipinski definition) is 8. The van der Waals surface area contributed by atoms with Crippen molar-refractivity contribution in [3.63, 3.8) is 0 Å². The molecule has 1 N–H and O–H groups in total. The summed E-state index contributed by atoms with van der Waals surface area (Å²) >= 11 is 1.43. The number of nitrogens with zero attached hydrogens (tertiary/aromatic N) is 4. The summed E-state index contributed by atoms with van der Waals surface area (Å²) in [5.74, 6) is 0.644. The summed E-state index contributed by atoms with van der Waals surface area (Å²) in [6.45, 7) is 1.99. The maximum absolute atomic E-state index is 15.2. The van der Waals surface area contributed by atoms with E-state index in [1.807, 2.05) is 19.1 Å². The van der Waals surface area contributed by atoms with Crippen molar-refractivity contribution in [1.29, 1.82) is 0 Å². The summed E-state index contributed by atoms with van der Waals surface area (Å²) < 4.78 is 32.3. The first-order valence-corrected chi connectivity index (χ1v) is 12.9. The number of carbonyl (C=O) groups is 1. The molecule has 0 saturated heterocycles. The maximum Gasteiger partial charge on any atom is 0.411 e. The highest BCUT2D eigenvalue weighted by Crippen LogP contribution is 2.43. The van der Waals surface area contributed by atoms with E-state index in [1.54, 1.807) is 37.6 Å². The van der Waals surface area contributed by atoms with Crippen molar-refractivity contribution in [2.24, 2.45) is 0 Å². The third-order valence-corrected chi connectivity index (χ3v) is 7.77. The Kier molecular flexibility index (Phi) is 6.15. The molecule has 0 saturated carbocycles. The Bertz CT molecular complexity index is 1740. The van der Waals surface area contributed by atoms with Gasteiger partial charge in [0.25, 0.3) is 0 Å². The van der Waals surface area contributed by atoms with Crippen LogP contribution < -0.4 is 19.1 Å². The van der Waals surface area contributed by atoms with Gasteiger partial charge in [0.15, 0.2) is 11.6 Å². The summed E-state index contributed by atoms with van der Waals surface area (Å²) in [5.41, 5.74) is 4.78. The standard InChI is InChI=1S/C28H23FN4O5S/c1-14-8-18(24-21(9-14)31-23(37-3)12-30-24)27-32-22-11-20(29)25-19(26(22)39-27)10-17(38-25)13-33(28(34)35)15-4-6-16(36-2)7-5-15/h4-9,11-12,17H,10,13H2,1-3H3,(H,34,35)/t17-/m0/s1. The third-order valence-electron chi connectivity index (χ3n) is 6.61. The molecule has 1 amide bonds. The van der Waals surface area contributed by atoms with Crippen LogP contribution in [0.1, 0.15) is 11.1 Å². The molecule has 5 aromatic rings. The molecule has 9 nitrogen and oxygen atoms in total. The second-order valence-corrected chi connectivity index (χ2v) is 10.2. The van der Waals surface area contributed by atoms with E-state index in [1.165, 1.54) is 29.4 Å². The number of anilines is 1. The zero-order valence-corrected chi connectivity index (χ0v) is 22.1. The summed E-state index contributed by atoms with van der Waals surface area (Å²) in [7, 11) is 3.08. The number of amides is 1. The van der Waals surface area contributed by atoms with E-state index in [-0.39, 0.29) is 12.3 Å². The smallest absolute Gasteiger partial charge is 0.411 e. The highest BCUT2D eigenvalue weighted by atomic mass is 32.1. The molecule has 0 unspecified atom stereocenters. The normalized spacial score (nSPS) is 14.3. The Balaban J connectivity index is 1.35. The molecule has 1 aliphatic rings. The van der Waals surface area contributed by atoms with E-state index < -0.39 is 18.0 Å². The SMILES string of the molecule is COc1ccc(N(C[C@@H]2Cc3c(c(F)cc4nc(-c5cc(C)cc6nc(OC)cnc56)sc34)O2)C(=O)O)cc1. The van der Waals surface area contributed by atoms with Gasteiger partial charge < -0.3 is 19.3 Å². The number of carboxylic acid groups (broad SMARTS) is 1. The molecule has 6 rings (SSSR count). The molecule has 1 aliphatic heterocycles. The van der Waals surface area contributed by atoms with Crippen molar-refractivity contribution in [2.75, 3.05) is 25.7 Å². The van der Waals surface area contributed by atoms with Crippen LogP contribution in [0.5, 0.6) is 17.4 Å². The van der Waals surface area contributed by atoms with Crippen molar-refractivity contribution in [3.8, 4) is 28.0 Å². The summed E-state index contributed by atoms with van der Waals surface area (Å²) in [6.07, 6.45) is 0.203. The van der Waals surface area contributed by atoms with E-state index in [0.717, 1.165) is 15.8 Å². The van der Waals surface area contributed by atoms with Crippen LogP contribution in [0.4, 0.5) is 14.9 Å². The average molecular weight is 547 g/mol. The Hall–Kier alpha value is -4.51. The van der Waals surface area contributed by atoms with Gasteiger partial charge in [-0.3, -0.25) is 4.90 Å². The Morgan fingerprint density at radius 2 is 1.95 bits per heavy atom. The minimum Gasteiger partial charge on any atom is -0.497 e. The molecule has 39 heavy (non-hydrogen) atoms. The van der Waals surface area contributed by atoms with Gasteiger partial charge in [-0.25, -0.2) is 24.1 Å². The second kappa shape index (κ2) is 9.66. The third kappa shape index (κ3) is 4.44. The molecule has 0 bridgehead atoms. The van der Waals surface area contributed by atoms with E-state index >= 15 is 4.39 Å². The van der Waals surface area contributed by atoms with Gasteiger partial charge in [-0.2, -0.15) is 0 Å². The van der Waals surface area contributed by atoms with E-state index in [0.29, 0.717) is 50.9 Å². The molecule has 0 radical (unpaired) electrons. The van der Waals surface area contributed by atoms with Crippen molar-refractivity contribution < 1.29 is 28.5 Å². The van der Waals surface area contributed by atoms with Crippen molar-refractivity contribution in [1.82, 2.24) is 15.0 Å².